The molecule has 1 saturated heterocycles. The van der Waals surface area contributed by atoms with Gasteiger partial charge in [0.05, 0.1) is 5.60 Å². The van der Waals surface area contributed by atoms with Gasteiger partial charge in [0, 0.05) is 39.0 Å². The first-order valence-electron chi connectivity index (χ1n) is 7.73. The number of aliphatic hydroxyl groups is 1. The Morgan fingerprint density at radius 3 is 2.47 bits per heavy atom. The maximum atomic E-state index is 11.7. The minimum atomic E-state index is -0.755. The van der Waals surface area contributed by atoms with Gasteiger partial charge in [-0.05, 0) is 6.42 Å². The summed E-state index contributed by atoms with van der Waals surface area (Å²) in [6, 6.07) is 0. The van der Waals surface area contributed by atoms with E-state index in [1.165, 1.54) is 25.7 Å². The van der Waals surface area contributed by atoms with Crippen LogP contribution in [-0.4, -0.2) is 36.4 Å². The molecular formula is C15H29NO3. The van der Waals surface area contributed by atoms with Crippen LogP contribution in [0, 0.1) is 0 Å². The van der Waals surface area contributed by atoms with Crippen LogP contribution in [0.25, 0.3) is 0 Å². The number of unbranched alkanes of at least 4 members (excludes halogenated alkanes) is 5. The lowest BCUT2D eigenvalue weighted by Gasteiger charge is -2.32. The van der Waals surface area contributed by atoms with E-state index in [-0.39, 0.29) is 5.91 Å². The molecule has 112 valence electrons. The quantitative estimate of drug-likeness (QED) is 0.633. The number of amides is 1. The van der Waals surface area contributed by atoms with Crippen LogP contribution < -0.4 is 5.32 Å². The lowest BCUT2D eigenvalue weighted by Crippen LogP contribution is -2.46. The molecule has 0 bridgehead atoms. The van der Waals surface area contributed by atoms with Gasteiger partial charge >= 0.3 is 0 Å². The standard InChI is InChI=1S/C15H29NO3/c1-2-3-4-5-6-7-8-14(17)16-13-15(18)9-11-19-12-10-15/h18H,2-13H2,1H3,(H,16,17). The highest BCUT2D eigenvalue weighted by Gasteiger charge is 2.29. The van der Waals surface area contributed by atoms with Crippen molar-refractivity contribution >= 4 is 5.91 Å². The van der Waals surface area contributed by atoms with E-state index in [2.05, 4.69) is 12.2 Å². The van der Waals surface area contributed by atoms with Crippen molar-refractivity contribution in [1.82, 2.24) is 5.32 Å². The van der Waals surface area contributed by atoms with E-state index in [1.54, 1.807) is 0 Å². The number of carbonyl (C=O) groups excluding carboxylic acids is 1. The minimum absolute atomic E-state index is 0.0652. The molecule has 19 heavy (non-hydrogen) atoms. The lowest BCUT2D eigenvalue weighted by atomic mass is 9.94. The van der Waals surface area contributed by atoms with Crippen molar-refractivity contribution in [2.24, 2.45) is 0 Å². The Balaban J connectivity index is 2.01. The summed E-state index contributed by atoms with van der Waals surface area (Å²) in [7, 11) is 0. The first-order valence-corrected chi connectivity index (χ1v) is 7.73. The Labute approximate surface area is 116 Å². The molecule has 0 unspecified atom stereocenters. The van der Waals surface area contributed by atoms with E-state index in [1.807, 2.05) is 0 Å². The third kappa shape index (κ3) is 7.53. The van der Waals surface area contributed by atoms with Crippen molar-refractivity contribution < 1.29 is 14.6 Å². The zero-order chi connectivity index (χ0) is 14.0. The van der Waals surface area contributed by atoms with Crippen LogP contribution in [0.3, 0.4) is 0 Å². The SMILES string of the molecule is CCCCCCCCC(=O)NCC1(O)CCOCC1. The van der Waals surface area contributed by atoms with Crippen LogP contribution in [0.2, 0.25) is 0 Å². The highest BCUT2D eigenvalue weighted by Crippen LogP contribution is 2.19. The summed E-state index contributed by atoms with van der Waals surface area (Å²) < 4.78 is 5.21. The van der Waals surface area contributed by atoms with E-state index in [0.29, 0.717) is 39.0 Å². The summed E-state index contributed by atoms with van der Waals surface area (Å²) in [5.74, 6) is 0.0652. The molecule has 0 aliphatic carbocycles. The first kappa shape index (κ1) is 16.4. The third-order valence-electron chi connectivity index (χ3n) is 3.80. The summed E-state index contributed by atoms with van der Waals surface area (Å²) in [4.78, 5) is 11.7. The summed E-state index contributed by atoms with van der Waals surface area (Å²) >= 11 is 0. The number of ether oxygens (including phenoxy) is 1. The van der Waals surface area contributed by atoms with Crippen LogP contribution in [0.1, 0.15) is 64.7 Å². The van der Waals surface area contributed by atoms with Gasteiger partial charge < -0.3 is 15.2 Å². The summed E-state index contributed by atoms with van der Waals surface area (Å²) in [6.07, 6.45) is 8.94. The van der Waals surface area contributed by atoms with Gasteiger partial charge in [-0.3, -0.25) is 4.79 Å². The molecule has 1 amide bonds. The number of rotatable bonds is 9. The molecular weight excluding hydrogens is 242 g/mol. The van der Waals surface area contributed by atoms with E-state index in [0.717, 1.165) is 12.8 Å². The molecule has 0 aromatic rings. The molecule has 0 saturated carbocycles. The Morgan fingerprint density at radius 2 is 1.79 bits per heavy atom. The van der Waals surface area contributed by atoms with Gasteiger partial charge in [0.15, 0.2) is 0 Å². The maximum absolute atomic E-state index is 11.7. The Hall–Kier alpha value is -0.610. The van der Waals surface area contributed by atoms with E-state index in [9.17, 15) is 9.90 Å². The second-order valence-corrected chi connectivity index (χ2v) is 5.63. The highest BCUT2D eigenvalue weighted by molar-refractivity contribution is 5.75. The fourth-order valence-electron chi connectivity index (χ4n) is 2.35. The van der Waals surface area contributed by atoms with Crippen molar-refractivity contribution in [3.8, 4) is 0 Å². The molecule has 2 N–H and O–H groups in total. The molecule has 0 spiro atoms. The monoisotopic (exact) mass is 271 g/mol. The Morgan fingerprint density at radius 1 is 1.16 bits per heavy atom. The molecule has 0 aromatic carbocycles. The van der Waals surface area contributed by atoms with Gasteiger partial charge in [-0.1, -0.05) is 39.0 Å². The third-order valence-corrected chi connectivity index (χ3v) is 3.80. The van der Waals surface area contributed by atoms with E-state index >= 15 is 0 Å². The topological polar surface area (TPSA) is 58.6 Å². The Bertz CT molecular complexity index is 250. The molecule has 4 heteroatoms. The highest BCUT2D eigenvalue weighted by atomic mass is 16.5. The lowest BCUT2D eigenvalue weighted by molar-refractivity contribution is -0.124. The van der Waals surface area contributed by atoms with Crippen molar-refractivity contribution in [1.29, 1.82) is 0 Å². The maximum Gasteiger partial charge on any atom is 0.220 e. The number of hydrogen-bond acceptors (Lipinski definition) is 3. The molecule has 1 rings (SSSR count). The summed E-state index contributed by atoms with van der Waals surface area (Å²) in [6.45, 7) is 3.74. The van der Waals surface area contributed by atoms with Crippen LogP contribution in [0.4, 0.5) is 0 Å². The summed E-state index contributed by atoms with van der Waals surface area (Å²) in [5, 5.41) is 13.0. The van der Waals surface area contributed by atoms with Crippen molar-refractivity contribution in [3.63, 3.8) is 0 Å². The largest absolute Gasteiger partial charge is 0.388 e. The first-order chi connectivity index (χ1) is 9.16. The second kappa shape index (κ2) is 9.32. The smallest absolute Gasteiger partial charge is 0.220 e. The van der Waals surface area contributed by atoms with Crippen LogP contribution >= 0.6 is 0 Å². The average molecular weight is 271 g/mol. The van der Waals surface area contributed by atoms with E-state index in [4.69, 9.17) is 4.74 Å². The predicted molar refractivity (Wildman–Crippen MR) is 76.0 cm³/mol. The molecule has 1 aliphatic rings. The van der Waals surface area contributed by atoms with Crippen molar-refractivity contribution in [3.05, 3.63) is 0 Å². The number of hydrogen-bond donors (Lipinski definition) is 2. The Kier molecular flexibility index (Phi) is 8.07. The van der Waals surface area contributed by atoms with Gasteiger partial charge in [-0.2, -0.15) is 0 Å². The van der Waals surface area contributed by atoms with Gasteiger partial charge in [-0.15, -0.1) is 0 Å². The number of carbonyl (C=O) groups is 1. The van der Waals surface area contributed by atoms with Gasteiger partial charge in [0.1, 0.15) is 0 Å². The van der Waals surface area contributed by atoms with Crippen LogP contribution in [-0.2, 0) is 9.53 Å². The molecule has 4 nitrogen and oxygen atoms in total. The molecule has 0 aromatic heterocycles. The molecule has 0 atom stereocenters. The zero-order valence-corrected chi connectivity index (χ0v) is 12.2. The molecule has 1 heterocycles. The summed E-state index contributed by atoms with van der Waals surface area (Å²) in [5.41, 5.74) is -0.755. The average Bonchev–Trinajstić information content (AvgIpc) is 2.41. The molecule has 1 aliphatic heterocycles. The van der Waals surface area contributed by atoms with Gasteiger partial charge in [-0.25, -0.2) is 0 Å². The fraction of sp³-hybridized carbons (Fsp3) is 0.933. The minimum Gasteiger partial charge on any atom is -0.388 e. The zero-order valence-electron chi connectivity index (χ0n) is 12.2. The second-order valence-electron chi connectivity index (χ2n) is 5.63. The predicted octanol–water partition coefficient (Wildman–Crippen LogP) is 2.39. The fourth-order valence-corrected chi connectivity index (χ4v) is 2.35. The van der Waals surface area contributed by atoms with Crippen LogP contribution in [0.15, 0.2) is 0 Å². The molecule has 1 fully saturated rings. The molecule has 0 radical (unpaired) electrons. The number of nitrogens with one attached hydrogen (secondary N) is 1. The van der Waals surface area contributed by atoms with Gasteiger partial charge in [0.25, 0.3) is 0 Å². The van der Waals surface area contributed by atoms with Gasteiger partial charge in [0.2, 0.25) is 5.91 Å². The van der Waals surface area contributed by atoms with Crippen molar-refractivity contribution in [2.45, 2.75) is 70.3 Å². The van der Waals surface area contributed by atoms with Crippen molar-refractivity contribution in [2.75, 3.05) is 19.8 Å². The normalized spacial score (nSPS) is 18.2. The van der Waals surface area contributed by atoms with Crippen LogP contribution in [0.5, 0.6) is 0 Å². The van der Waals surface area contributed by atoms with E-state index < -0.39 is 5.60 Å².